The van der Waals surface area contributed by atoms with E-state index in [0.717, 1.165) is 0 Å². The minimum Gasteiger partial charge on any atom is -0.481 e. The minimum absolute atomic E-state index is 0.00983. The summed E-state index contributed by atoms with van der Waals surface area (Å²) in [6.07, 6.45) is -0.267. The Morgan fingerprint density at radius 1 is 1.00 bits per heavy atom. The molecule has 0 spiro atoms. The van der Waals surface area contributed by atoms with E-state index in [1.807, 2.05) is 0 Å². The van der Waals surface area contributed by atoms with Gasteiger partial charge in [0.2, 0.25) is 5.91 Å². The molecule has 0 saturated heterocycles. The van der Waals surface area contributed by atoms with Gasteiger partial charge in [-0.1, -0.05) is 35.3 Å². The standard InChI is InChI=1S/C23H20Cl2N2O6/c24-13-5-7-17(25)16(11-13)20-9-6-14(33-20)12-26-19(8-10-21(28)29)22(30)27-18-4-2-1-3-15(18)23(31)32/h1-7,9,11,19,26H,8,10,12H2,(H,27,30)(H,28,29)(H,31,32). The highest BCUT2D eigenvalue weighted by Gasteiger charge is 2.22. The van der Waals surface area contributed by atoms with E-state index in [1.165, 1.54) is 12.1 Å². The largest absolute Gasteiger partial charge is 0.481 e. The number of anilines is 1. The Morgan fingerprint density at radius 2 is 1.76 bits per heavy atom. The van der Waals surface area contributed by atoms with Gasteiger partial charge in [0.25, 0.3) is 0 Å². The molecule has 0 saturated carbocycles. The number of hydrogen-bond donors (Lipinski definition) is 4. The molecular weight excluding hydrogens is 471 g/mol. The summed E-state index contributed by atoms with van der Waals surface area (Å²) >= 11 is 12.2. The van der Waals surface area contributed by atoms with Crippen LogP contribution in [0.5, 0.6) is 0 Å². The fourth-order valence-electron chi connectivity index (χ4n) is 3.12. The second-order valence-electron chi connectivity index (χ2n) is 7.10. The highest BCUT2D eigenvalue weighted by molar-refractivity contribution is 6.35. The van der Waals surface area contributed by atoms with Crippen LogP contribution in [0.1, 0.15) is 29.0 Å². The molecule has 33 heavy (non-hydrogen) atoms. The van der Waals surface area contributed by atoms with Gasteiger partial charge in [-0.25, -0.2) is 4.79 Å². The number of hydrogen-bond acceptors (Lipinski definition) is 5. The lowest BCUT2D eigenvalue weighted by Gasteiger charge is -2.18. The van der Waals surface area contributed by atoms with Crippen molar-refractivity contribution < 1.29 is 29.0 Å². The molecule has 4 N–H and O–H groups in total. The first-order valence-electron chi connectivity index (χ1n) is 9.87. The number of furan rings is 1. The maximum Gasteiger partial charge on any atom is 0.337 e. The minimum atomic E-state index is -1.19. The third-order valence-electron chi connectivity index (χ3n) is 4.76. The van der Waals surface area contributed by atoms with Crippen LogP contribution in [0.15, 0.2) is 59.0 Å². The molecule has 1 unspecified atom stereocenters. The zero-order chi connectivity index (χ0) is 24.0. The number of rotatable bonds is 10. The average Bonchev–Trinajstić information content (AvgIpc) is 3.24. The summed E-state index contributed by atoms with van der Waals surface area (Å²) in [5, 5.41) is 24.8. The summed E-state index contributed by atoms with van der Waals surface area (Å²) in [5.41, 5.74) is 0.658. The molecule has 1 amide bonds. The number of aromatic carboxylic acids is 1. The molecule has 172 valence electrons. The van der Waals surface area contributed by atoms with Crippen LogP contribution in [0.4, 0.5) is 5.69 Å². The molecular formula is C23H20Cl2N2O6. The second kappa shape index (κ2) is 11.0. The van der Waals surface area contributed by atoms with Crippen molar-refractivity contribution >= 4 is 46.7 Å². The molecule has 3 rings (SSSR count). The fraction of sp³-hybridized carbons (Fsp3) is 0.174. The zero-order valence-electron chi connectivity index (χ0n) is 17.2. The third kappa shape index (κ3) is 6.58. The molecule has 0 aliphatic carbocycles. The van der Waals surface area contributed by atoms with Crippen molar-refractivity contribution in [2.24, 2.45) is 0 Å². The highest BCUT2D eigenvalue weighted by Crippen LogP contribution is 2.31. The molecule has 0 radical (unpaired) electrons. The van der Waals surface area contributed by atoms with Crippen LogP contribution >= 0.6 is 23.2 Å². The van der Waals surface area contributed by atoms with Crippen molar-refractivity contribution in [3.63, 3.8) is 0 Å². The van der Waals surface area contributed by atoms with Crippen LogP contribution in [0.2, 0.25) is 10.0 Å². The number of amides is 1. The highest BCUT2D eigenvalue weighted by atomic mass is 35.5. The van der Waals surface area contributed by atoms with Crippen molar-refractivity contribution in [1.82, 2.24) is 5.32 Å². The van der Waals surface area contributed by atoms with Gasteiger partial charge in [-0.3, -0.25) is 14.9 Å². The van der Waals surface area contributed by atoms with Crippen molar-refractivity contribution in [3.05, 3.63) is 76.0 Å². The van der Waals surface area contributed by atoms with Crippen molar-refractivity contribution in [2.75, 3.05) is 5.32 Å². The Morgan fingerprint density at radius 3 is 2.48 bits per heavy atom. The lowest BCUT2D eigenvalue weighted by atomic mass is 10.1. The van der Waals surface area contributed by atoms with Gasteiger partial charge in [0, 0.05) is 17.0 Å². The van der Waals surface area contributed by atoms with Crippen LogP contribution in [0, 0.1) is 0 Å². The van der Waals surface area contributed by atoms with Gasteiger partial charge in [-0.05, 0) is 48.9 Å². The summed E-state index contributed by atoms with van der Waals surface area (Å²) in [5.74, 6) is -1.84. The first-order valence-corrected chi connectivity index (χ1v) is 10.6. The SMILES string of the molecule is O=C(O)CCC(NCc1ccc(-c2cc(Cl)ccc2Cl)o1)C(=O)Nc1ccccc1C(=O)O. The maximum absolute atomic E-state index is 12.8. The maximum atomic E-state index is 12.8. The van der Waals surface area contributed by atoms with Gasteiger partial charge >= 0.3 is 11.9 Å². The van der Waals surface area contributed by atoms with E-state index in [2.05, 4.69) is 10.6 Å². The summed E-state index contributed by atoms with van der Waals surface area (Å²) in [6.45, 7) is 0.121. The number of carboxylic acid groups (broad SMARTS) is 2. The molecule has 8 nitrogen and oxygen atoms in total. The monoisotopic (exact) mass is 490 g/mol. The lowest BCUT2D eigenvalue weighted by molar-refractivity contribution is -0.137. The Kier molecular flexibility index (Phi) is 8.11. The Hall–Kier alpha value is -3.33. The fourth-order valence-corrected chi connectivity index (χ4v) is 3.50. The lowest BCUT2D eigenvalue weighted by Crippen LogP contribution is -2.40. The van der Waals surface area contributed by atoms with E-state index in [1.54, 1.807) is 42.5 Å². The molecule has 0 fully saturated rings. The number of carbonyl (C=O) groups is 3. The number of carbonyl (C=O) groups excluding carboxylic acids is 1. The topological polar surface area (TPSA) is 129 Å². The molecule has 1 heterocycles. The molecule has 10 heteroatoms. The van der Waals surface area contributed by atoms with E-state index in [9.17, 15) is 19.5 Å². The van der Waals surface area contributed by atoms with Gasteiger partial charge in [0.15, 0.2) is 0 Å². The quantitative estimate of drug-likeness (QED) is 0.317. The van der Waals surface area contributed by atoms with Gasteiger partial charge in [-0.15, -0.1) is 0 Å². The number of carboxylic acids is 2. The first kappa shape index (κ1) is 24.3. The average molecular weight is 491 g/mol. The normalized spacial score (nSPS) is 11.7. The molecule has 3 aromatic rings. The van der Waals surface area contributed by atoms with Crippen LogP contribution in [0.3, 0.4) is 0 Å². The molecule has 0 aliphatic heterocycles. The summed E-state index contributed by atoms with van der Waals surface area (Å²) < 4.78 is 5.80. The molecule has 0 bridgehead atoms. The Bertz CT molecular complexity index is 1180. The molecule has 2 aromatic carbocycles. The molecule has 1 aromatic heterocycles. The number of benzene rings is 2. The smallest absolute Gasteiger partial charge is 0.337 e. The van der Waals surface area contributed by atoms with Crippen LogP contribution in [0.25, 0.3) is 11.3 Å². The summed E-state index contributed by atoms with van der Waals surface area (Å²) in [7, 11) is 0. The van der Waals surface area contributed by atoms with Crippen LogP contribution in [-0.4, -0.2) is 34.1 Å². The van der Waals surface area contributed by atoms with Gasteiger partial charge in [0.1, 0.15) is 11.5 Å². The van der Waals surface area contributed by atoms with Gasteiger partial charge in [0.05, 0.1) is 28.9 Å². The van der Waals surface area contributed by atoms with E-state index in [4.69, 9.17) is 32.7 Å². The predicted octanol–water partition coefficient (Wildman–Crippen LogP) is 4.91. The van der Waals surface area contributed by atoms with E-state index in [0.29, 0.717) is 27.1 Å². The molecule has 0 aliphatic rings. The number of halogens is 2. The van der Waals surface area contributed by atoms with E-state index in [-0.39, 0.29) is 30.6 Å². The van der Waals surface area contributed by atoms with Crippen molar-refractivity contribution in [1.29, 1.82) is 0 Å². The summed E-state index contributed by atoms with van der Waals surface area (Å²) in [4.78, 5) is 35.2. The molecule has 1 atom stereocenters. The van der Waals surface area contributed by atoms with Crippen molar-refractivity contribution in [3.8, 4) is 11.3 Å². The van der Waals surface area contributed by atoms with Crippen LogP contribution < -0.4 is 10.6 Å². The van der Waals surface area contributed by atoms with Gasteiger partial charge < -0.3 is 19.9 Å². The summed E-state index contributed by atoms with van der Waals surface area (Å²) in [6, 6.07) is 13.4. The predicted molar refractivity (Wildman–Crippen MR) is 124 cm³/mol. The number of aliphatic carboxylic acids is 1. The zero-order valence-corrected chi connectivity index (χ0v) is 18.7. The first-order chi connectivity index (χ1) is 15.7. The Balaban J connectivity index is 1.72. The van der Waals surface area contributed by atoms with E-state index >= 15 is 0 Å². The van der Waals surface area contributed by atoms with E-state index < -0.39 is 23.9 Å². The third-order valence-corrected chi connectivity index (χ3v) is 5.32. The van der Waals surface area contributed by atoms with Gasteiger partial charge in [-0.2, -0.15) is 0 Å². The van der Waals surface area contributed by atoms with Crippen LogP contribution in [-0.2, 0) is 16.1 Å². The number of para-hydroxylation sites is 1. The van der Waals surface area contributed by atoms with Crippen molar-refractivity contribution in [2.45, 2.75) is 25.4 Å². The number of nitrogens with one attached hydrogen (secondary N) is 2. The second-order valence-corrected chi connectivity index (χ2v) is 7.94. The Labute approximate surface area is 199 Å².